The van der Waals surface area contributed by atoms with E-state index in [1.54, 1.807) is 7.11 Å². The van der Waals surface area contributed by atoms with Crippen LogP contribution in [0.3, 0.4) is 0 Å². The van der Waals surface area contributed by atoms with Gasteiger partial charge in [0, 0.05) is 0 Å². The van der Waals surface area contributed by atoms with Crippen molar-refractivity contribution in [3.8, 4) is 5.75 Å². The summed E-state index contributed by atoms with van der Waals surface area (Å²) in [6, 6.07) is 18.7. The molecular weight excluding hydrogens is 296 g/mol. The first kappa shape index (κ1) is 16.1. The van der Waals surface area contributed by atoms with Crippen LogP contribution < -0.4 is 10.2 Å². The number of anilines is 1. The highest BCUT2D eigenvalue weighted by Gasteiger charge is 2.02. The Bertz CT molecular complexity index is 913. The first-order chi connectivity index (χ1) is 11.6. The van der Waals surface area contributed by atoms with Gasteiger partial charge in [0.25, 0.3) is 0 Å². The summed E-state index contributed by atoms with van der Waals surface area (Å²) in [4.78, 5) is 0. The van der Waals surface area contributed by atoms with Crippen molar-refractivity contribution >= 4 is 22.2 Å². The molecule has 0 saturated heterocycles. The summed E-state index contributed by atoms with van der Waals surface area (Å²) in [6.07, 6.45) is 0. The summed E-state index contributed by atoms with van der Waals surface area (Å²) >= 11 is 0. The van der Waals surface area contributed by atoms with Gasteiger partial charge in [0.1, 0.15) is 5.75 Å². The zero-order chi connectivity index (χ0) is 17.1. The van der Waals surface area contributed by atoms with Crippen molar-refractivity contribution in [2.75, 3.05) is 12.5 Å². The van der Waals surface area contributed by atoms with E-state index < -0.39 is 0 Å². The molecule has 3 heteroatoms. The number of hydrogen-bond donors (Lipinski definition) is 1. The summed E-state index contributed by atoms with van der Waals surface area (Å²) in [5.74, 6) is 0.872. The zero-order valence-electron chi connectivity index (χ0n) is 14.6. The van der Waals surface area contributed by atoms with Crippen molar-refractivity contribution in [3.63, 3.8) is 0 Å². The normalized spacial score (nSPS) is 11.6. The van der Waals surface area contributed by atoms with E-state index in [1.807, 2.05) is 19.1 Å². The molecule has 0 bridgehead atoms. The molecule has 0 radical (unpaired) electrons. The number of benzene rings is 3. The van der Waals surface area contributed by atoms with Crippen LogP contribution >= 0.6 is 0 Å². The molecule has 0 aliphatic carbocycles. The predicted octanol–water partition coefficient (Wildman–Crippen LogP) is 5.30. The molecule has 122 valence electrons. The van der Waals surface area contributed by atoms with Crippen LogP contribution in [0.4, 0.5) is 5.69 Å². The van der Waals surface area contributed by atoms with Gasteiger partial charge in [-0.25, -0.2) is 0 Å². The summed E-state index contributed by atoms with van der Waals surface area (Å²) < 4.78 is 5.27. The van der Waals surface area contributed by atoms with Crippen LogP contribution in [0.15, 0.2) is 59.7 Å². The average molecular weight is 318 g/mol. The van der Waals surface area contributed by atoms with Gasteiger partial charge in [-0.1, -0.05) is 35.9 Å². The van der Waals surface area contributed by atoms with E-state index in [1.165, 1.54) is 16.5 Å². The van der Waals surface area contributed by atoms with Crippen LogP contribution in [0.5, 0.6) is 5.75 Å². The highest BCUT2D eigenvalue weighted by molar-refractivity contribution is 6.02. The molecule has 0 aliphatic heterocycles. The molecule has 3 rings (SSSR count). The van der Waals surface area contributed by atoms with Gasteiger partial charge in [0.2, 0.25) is 0 Å². The van der Waals surface area contributed by atoms with Gasteiger partial charge in [-0.15, -0.1) is 0 Å². The number of ether oxygens (including phenoxy) is 1. The van der Waals surface area contributed by atoms with E-state index in [0.717, 1.165) is 28.1 Å². The van der Waals surface area contributed by atoms with Crippen LogP contribution in [-0.4, -0.2) is 12.8 Å². The second kappa shape index (κ2) is 6.75. The maximum absolute atomic E-state index is 5.27. The highest BCUT2D eigenvalue weighted by atomic mass is 16.5. The summed E-state index contributed by atoms with van der Waals surface area (Å²) in [5, 5.41) is 6.87. The second-order valence-corrected chi connectivity index (χ2v) is 6.06. The Kier molecular flexibility index (Phi) is 4.52. The summed E-state index contributed by atoms with van der Waals surface area (Å²) in [5.41, 5.74) is 8.70. The van der Waals surface area contributed by atoms with Crippen molar-refractivity contribution in [1.82, 2.24) is 0 Å². The zero-order valence-corrected chi connectivity index (χ0v) is 14.6. The lowest BCUT2D eigenvalue weighted by molar-refractivity contribution is 0.415. The van der Waals surface area contributed by atoms with Crippen LogP contribution in [0, 0.1) is 13.8 Å². The van der Waals surface area contributed by atoms with Gasteiger partial charge in [0.05, 0.1) is 18.5 Å². The number of nitrogens with one attached hydrogen (secondary N) is 1. The van der Waals surface area contributed by atoms with Crippen LogP contribution in [0.25, 0.3) is 10.8 Å². The molecule has 0 aliphatic rings. The van der Waals surface area contributed by atoms with Crippen LogP contribution in [-0.2, 0) is 0 Å². The lowest BCUT2D eigenvalue weighted by Gasteiger charge is -2.08. The standard InChI is InChI=1S/C21H22N2O/c1-14-5-10-21(15(2)11-14)23-22-16(3)17-6-7-19-13-20(24-4)9-8-18(19)12-17/h5-13,23H,1-4H3. The monoisotopic (exact) mass is 318 g/mol. The van der Waals surface area contributed by atoms with Crippen molar-refractivity contribution in [1.29, 1.82) is 0 Å². The number of hydrazone groups is 1. The van der Waals surface area contributed by atoms with Crippen molar-refractivity contribution in [2.24, 2.45) is 5.10 Å². The fraction of sp³-hybridized carbons (Fsp3) is 0.190. The molecule has 0 unspecified atom stereocenters. The summed E-state index contributed by atoms with van der Waals surface area (Å²) in [6.45, 7) is 6.19. The molecule has 3 nitrogen and oxygen atoms in total. The molecule has 0 spiro atoms. The maximum atomic E-state index is 5.27. The summed E-state index contributed by atoms with van der Waals surface area (Å²) in [7, 11) is 1.69. The van der Waals surface area contributed by atoms with Crippen molar-refractivity contribution in [3.05, 3.63) is 71.3 Å². The molecule has 0 fully saturated rings. The fourth-order valence-corrected chi connectivity index (χ4v) is 2.72. The lowest BCUT2D eigenvalue weighted by atomic mass is 10.0. The molecule has 1 N–H and O–H groups in total. The van der Waals surface area contributed by atoms with Gasteiger partial charge in [-0.05, 0) is 66.9 Å². The molecular formula is C21H22N2O. The Hall–Kier alpha value is -2.81. The van der Waals surface area contributed by atoms with E-state index >= 15 is 0 Å². The molecule has 0 saturated carbocycles. The average Bonchev–Trinajstić information content (AvgIpc) is 2.59. The van der Waals surface area contributed by atoms with E-state index in [0.29, 0.717) is 0 Å². The van der Waals surface area contributed by atoms with Crippen molar-refractivity contribution < 1.29 is 4.74 Å². The molecule has 24 heavy (non-hydrogen) atoms. The molecule has 0 amide bonds. The lowest BCUT2D eigenvalue weighted by Crippen LogP contribution is -2.01. The number of hydrogen-bond acceptors (Lipinski definition) is 3. The van der Waals surface area contributed by atoms with E-state index in [4.69, 9.17) is 4.74 Å². The van der Waals surface area contributed by atoms with Gasteiger partial charge < -0.3 is 4.74 Å². The minimum absolute atomic E-state index is 0.872. The maximum Gasteiger partial charge on any atom is 0.119 e. The van der Waals surface area contributed by atoms with Crippen molar-refractivity contribution in [2.45, 2.75) is 20.8 Å². The van der Waals surface area contributed by atoms with Gasteiger partial charge in [-0.2, -0.15) is 5.10 Å². The number of aryl methyl sites for hydroxylation is 2. The second-order valence-electron chi connectivity index (χ2n) is 6.06. The van der Waals surface area contributed by atoms with E-state index in [-0.39, 0.29) is 0 Å². The Balaban J connectivity index is 1.85. The number of rotatable bonds is 4. The van der Waals surface area contributed by atoms with E-state index in [9.17, 15) is 0 Å². The Morgan fingerprint density at radius 1 is 0.917 bits per heavy atom. The van der Waals surface area contributed by atoms with Gasteiger partial charge >= 0.3 is 0 Å². The fourth-order valence-electron chi connectivity index (χ4n) is 2.72. The first-order valence-corrected chi connectivity index (χ1v) is 8.02. The van der Waals surface area contributed by atoms with E-state index in [2.05, 4.69) is 66.8 Å². The Morgan fingerprint density at radius 2 is 1.67 bits per heavy atom. The largest absolute Gasteiger partial charge is 0.497 e. The Morgan fingerprint density at radius 3 is 2.42 bits per heavy atom. The molecule has 3 aromatic rings. The molecule has 0 atom stereocenters. The SMILES string of the molecule is COc1ccc2cc(C(C)=NNc3ccc(C)cc3C)ccc2c1. The predicted molar refractivity (Wildman–Crippen MR) is 102 cm³/mol. The minimum Gasteiger partial charge on any atom is -0.497 e. The molecule has 3 aromatic carbocycles. The quantitative estimate of drug-likeness (QED) is 0.523. The number of methoxy groups -OCH3 is 1. The third-order valence-electron chi connectivity index (χ3n) is 4.19. The minimum atomic E-state index is 0.872. The topological polar surface area (TPSA) is 33.6 Å². The first-order valence-electron chi connectivity index (χ1n) is 8.02. The van der Waals surface area contributed by atoms with Gasteiger partial charge in [-0.3, -0.25) is 5.43 Å². The smallest absolute Gasteiger partial charge is 0.119 e. The Labute approximate surface area is 143 Å². The van der Waals surface area contributed by atoms with Crippen LogP contribution in [0.1, 0.15) is 23.6 Å². The third-order valence-corrected chi connectivity index (χ3v) is 4.19. The highest BCUT2D eigenvalue weighted by Crippen LogP contribution is 2.22. The van der Waals surface area contributed by atoms with Crippen LogP contribution in [0.2, 0.25) is 0 Å². The number of nitrogens with zero attached hydrogens (tertiary/aromatic N) is 1. The molecule has 0 heterocycles. The molecule has 0 aromatic heterocycles. The van der Waals surface area contributed by atoms with Gasteiger partial charge in [0.15, 0.2) is 0 Å². The number of fused-ring (bicyclic) bond motifs is 1. The third kappa shape index (κ3) is 3.40.